The van der Waals surface area contributed by atoms with Crippen molar-refractivity contribution in [3.63, 3.8) is 0 Å². The molecular formula is C9H11ClN2O4S. The SMILES string of the molecule is CC(CCl)CS(=O)(=O)c1ccncc1[N+](=O)[O-]. The van der Waals surface area contributed by atoms with E-state index in [4.69, 9.17) is 11.6 Å². The van der Waals surface area contributed by atoms with Gasteiger partial charge in [-0.3, -0.25) is 15.1 Å². The maximum atomic E-state index is 11.9. The first kappa shape index (κ1) is 13.9. The average molecular weight is 279 g/mol. The first-order valence-electron chi connectivity index (χ1n) is 4.75. The molecule has 6 nitrogen and oxygen atoms in total. The van der Waals surface area contributed by atoms with Crippen LogP contribution in [0.15, 0.2) is 23.4 Å². The predicted molar refractivity (Wildman–Crippen MR) is 62.8 cm³/mol. The number of nitro groups is 1. The molecule has 0 aromatic carbocycles. The summed E-state index contributed by atoms with van der Waals surface area (Å²) in [5.74, 6) is -0.311. The van der Waals surface area contributed by atoms with E-state index in [-0.39, 0.29) is 22.4 Å². The molecule has 1 aromatic heterocycles. The summed E-state index contributed by atoms with van der Waals surface area (Å²) in [7, 11) is -3.71. The van der Waals surface area contributed by atoms with E-state index in [2.05, 4.69) is 4.98 Å². The molecule has 0 aliphatic heterocycles. The lowest BCUT2D eigenvalue weighted by Crippen LogP contribution is -2.16. The molecule has 94 valence electrons. The van der Waals surface area contributed by atoms with Gasteiger partial charge >= 0.3 is 5.69 Å². The van der Waals surface area contributed by atoms with E-state index in [0.29, 0.717) is 0 Å². The van der Waals surface area contributed by atoms with E-state index in [9.17, 15) is 18.5 Å². The Morgan fingerprint density at radius 2 is 2.24 bits per heavy atom. The van der Waals surface area contributed by atoms with Crippen LogP contribution in [0.4, 0.5) is 5.69 Å². The molecule has 1 rings (SSSR count). The van der Waals surface area contributed by atoms with Gasteiger partial charge in [-0.05, 0) is 12.0 Å². The minimum absolute atomic E-state index is 0.179. The fourth-order valence-corrected chi connectivity index (χ4v) is 3.28. The van der Waals surface area contributed by atoms with E-state index in [1.54, 1.807) is 6.92 Å². The molecule has 0 bridgehead atoms. The van der Waals surface area contributed by atoms with E-state index in [1.165, 1.54) is 6.20 Å². The van der Waals surface area contributed by atoms with Gasteiger partial charge in [0.05, 0.1) is 10.7 Å². The van der Waals surface area contributed by atoms with Gasteiger partial charge in [-0.1, -0.05) is 6.92 Å². The molecule has 0 aliphatic carbocycles. The lowest BCUT2D eigenvalue weighted by molar-refractivity contribution is -0.388. The fourth-order valence-electron chi connectivity index (χ4n) is 1.28. The fraction of sp³-hybridized carbons (Fsp3) is 0.444. The predicted octanol–water partition coefficient (Wildman–Crippen LogP) is 1.64. The Balaban J connectivity index is 3.20. The molecule has 0 N–H and O–H groups in total. The lowest BCUT2D eigenvalue weighted by atomic mass is 10.3. The molecule has 1 unspecified atom stereocenters. The third-order valence-electron chi connectivity index (χ3n) is 2.06. The lowest BCUT2D eigenvalue weighted by Gasteiger charge is -2.08. The number of sulfone groups is 1. The van der Waals surface area contributed by atoms with Gasteiger partial charge in [0.25, 0.3) is 0 Å². The summed E-state index contributed by atoms with van der Waals surface area (Å²) in [6, 6.07) is 1.13. The highest BCUT2D eigenvalue weighted by Gasteiger charge is 2.27. The van der Waals surface area contributed by atoms with Crippen LogP contribution in [0.1, 0.15) is 6.92 Å². The molecule has 1 atom stereocenters. The van der Waals surface area contributed by atoms with Gasteiger partial charge in [-0.2, -0.15) is 0 Å². The van der Waals surface area contributed by atoms with Crippen LogP contribution < -0.4 is 0 Å². The number of hydrogen-bond acceptors (Lipinski definition) is 5. The Morgan fingerprint density at radius 3 is 2.76 bits per heavy atom. The van der Waals surface area contributed by atoms with Gasteiger partial charge in [0.1, 0.15) is 11.1 Å². The van der Waals surface area contributed by atoms with Crippen molar-refractivity contribution in [2.45, 2.75) is 11.8 Å². The van der Waals surface area contributed by atoms with Gasteiger partial charge in [-0.25, -0.2) is 8.42 Å². The molecule has 0 spiro atoms. The van der Waals surface area contributed by atoms with Crippen molar-refractivity contribution in [1.29, 1.82) is 0 Å². The van der Waals surface area contributed by atoms with Crippen molar-refractivity contribution < 1.29 is 13.3 Å². The van der Waals surface area contributed by atoms with Crippen LogP contribution in [0.5, 0.6) is 0 Å². The molecule has 0 fully saturated rings. The first-order chi connectivity index (χ1) is 7.88. The van der Waals surface area contributed by atoms with Crippen LogP contribution in [0.3, 0.4) is 0 Å². The van der Waals surface area contributed by atoms with Crippen LogP contribution >= 0.6 is 11.6 Å². The second-order valence-corrected chi connectivity index (χ2v) is 5.95. The molecule has 0 aliphatic rings. The molecule has 17 heavy (non-hydrogen) atoms. The third-order valence-corrected chi connectivity index (χ3v) is 4.61. The highest BCUT2D eigenvalue weighted by atomic mass is 35.5. The number of hydrogen-bond donors (Lipinski definition) is 0. The normalized spacial score (nSPS) is 13.3. The average Bonchev–Trinajstić information content (AvgIpc) is 2.28. The van der Waals surface area contributed by atoms with Gasteiger partial charge < -0.3 is 0 Å². The van der Waals surface area contributed by atoms with Crippen LogP contribution in [0, 0.1) is 16.0 Å². The van der Waals surface area contributed by atoms with E-state index in [0.717, 1.165) is 12.3 Å². The van der Waals surface area contributed by atoms with E-state index >= 15 is 0 Å². The van der Waals surface area contributed by atoms with Crippen LogP contribution in [-0.2, 0) is 9.84 Å². The van der Waals surface area contributed by atoms with Crippen LogP contribution in [0.25, 0.3) is 0 Å². The van der Waals surface area contributed by atoms with Gasteiger partial charge in [-0.15, -0.1) is 11.6 Å². The maximum absolute atomic E-state index is 11.9. The minimum atomic E-state index is -3.71. The smallest absolute Gasteiger partial charge is 0.258 e. The molecule has 1 aromatic rings. The number of rotatable bonds is 5. The number of aromatic nitrogens is 1. The summed E-state index contributed by atoms with van der Waals surface area (Å²) in [5.41, 5.74) is -0.505. The van der Waals surface area contributed by atoms with Crippen molar-refractivity contribution in [3.8, 4) is 0 Å². The largest absolute Gasteiger partial charge is 0.306 e. The van der Waals surface area contributed by atoms with Crippen molar-refractivity contribution >= 4 is 27.1 Å². The summed E-state index contributed by atoms with van der Waals surface area (Å²) in [6.07, 6.45) is 2.14. The minimum Gasteiger partial charge on any atom is -0.258 e. The number of halogens is 1. The highest BCUT2D eigenvalue weighted by Crippen LogP contribution is 2.24. The second kappa shape index (κ2) is 5.42. The summed E-state index contributed by atoms with van der Waals surface area (Å²) in [6.45, 7) is 1.66. The Kier molecular flexibility index (Phi) is 4.41. The van der Waals surface area contributed by atoms with Crippen molar-refractivity contribution in [3.05, 3.63) is 28.6 Å². The van der Waals surface area contributed by atoms with Crippen LogP contribution in [0.2, 0.25) is 0 Å². The Bertz CT molecular complexity index is 517. The van der Waals surface area contributed by atoms with Crippen molar-refractivity contribution in [2.75, 3.05) is 11.6 Å². The van der Waals surface area contributed by atoms with E-state index in [1.807, 2.05) is 0 Å². The molecule has 0 saturated heterocycles. The number of alkyl halides is 1. The summed E-state index contributed by atoms with van der Waals surface area (Å²) >= 11 is 5.54. The molecule has 8 heteroatoms. The van der Waals surface area contributed by atoms with Crippen LogP contribution in [-0.4, -0.2) is 30.0 Å². The zero-order valence-electron chi connectivity index (χ0n) is 9.04. The molecular weight excluding hydrogens is 268 g/mol. The second-order valence-electron chi connectivity index (χ2n) is 3.64. The Morgan fingerprint density at radius 1 is 1.59 bits per heavy atom. The summed E-state index contributed by atoms with van der Waals surface area (Å²) in [4.78, 5) is 13.2. The first-order valence-corrected chi connectivity index (χ1v) is 6.94. The van der Waals surface area contributed by atoms with Crippen molar-refractivity contribution in [1.82, 2.24) is 4.98 Å². The third kappa shape index (κ3) is 3.37. The van der Waals surface area contributed by atoms with Crippen molar-refractivity contribution in [2.24, 2.45) is 5.92 Å². The van der Waals surface area contributed by atoms with Gasteiger partial charge in [0, 0.05) is 12.1 Å². The Labute approximate surface area is 104 Å². The maximum Gasteiger partial charge on any atom is 0.306 e. The monoisotopic (exact) mass is 278 g/mol. The quantitative estimate of drug-likeness (QED) is 0.464. The van der Waals surface area contributed by atoms with Gasteiger partial charge in [0.2, 0.25) is 0 Å². The molecule has 1 heterocycles. The molecule has 0 saturated carbocycles. The summed E-state index contributed by atoms with van der Waals surface area (Å²) < 4.78 is 23.9. The number of nitrogens with zero attached hydrogens (tertiary/aromatic N) is 2. The van der Waals surface area contributed by atoms with E-state index < -0.39 is 20.4 Å². The molecule has 0 amide bonds. The Hall–Kier alpha value is -1.21. The summed E-state index contributed by atoms with van der Waals surface area (Å²) in [5, 5.41) is 10.7. The topological polar surface area (TPSA) is 90.2 Å². The highest BCUT2D eigenvalue weighted by molar-refractivity contribution is 7.91. The molecule has 0 radical (unpaired) electrons. The zero-order valence-corrected chi connectivity index (χ0v) is 10.6. The standard InChI is InChI=1S/C9H11ClN2O4S/c1-7(4-10)6-17(15,16)9-2-3-11-5-8(9)12(13)14/h2-3,5,7H,4,6H2,1H3. The zero-order chi connectivity index (χ0) is 13.1. The van der Waals surface area contributed by atoms with Gasteiger partial charge in [0.15, 0.2) is 9.84 Å². The number of pyridine rings is 1.